The van der Waals surface area contributed by atoms with E-state index in [1.54, 1.807) is 0 Å². The van der Waals surface area contributed by atoms with Gasteiger partial charge >= 0.3 is 6.09 Å². The van der Waals surface area contributed by atoms with Crippen LogP contribution >= 0.6 is 11.3 Å². The summed E-state index contributed by atoms with van der Waals surface area (Å²) in [5.41, 5.74) is 2.36. The molecule has 0 atom stereocenters. The number of nitrogens with zero attached hydrogens (tertiary/aromatic N) is 1. The summed E-state index contributed by atoms with van der Waals surface area (Å²) in [5, 5.41) is 1.93. The Hall–Kier alpha value is -3.18. The van der Waals surface area contributed by atoms with E-state index >= 15 is 0 Å². The van der Waals surface area contributed by atoms with Crippen molar-refractivity contribution in [3.63, 3.8) is 0 Å². The minimum atomic E-state index is -0.640. The van der Waals surface area contributed by atoms with Crippen molar-refractivity contribution in [2.45, 2.75) is 6.54 Å². The third-order valence-corrected chi connectivity index (χ3v) is 4.98. The average Bonchev–Trinajstić information content (AvgIpc) is 3.29. The maximum atomic E-state index is 13.0. The molecule has 3 aromatic rings. The van der Waals surface area contributed by atoms with E-state index in [0.717, 1.165) is 20.9 Å². The van der Waals surface area contributed by atoms with Crippen molar-refractivity contribution in [1.82, 2.24) is 4.90 Å². The molecule has 2 aromatic carbocycles. The Bertz CT molecular complexity index is 963. The molecule has 5 heteroatoms. The first-order valence-electron chi connectivity index (χ1n) is 8.15. The monoisotopic (exact) mass is 361 g/mol. The second-order valence-corrected chi connectivity index (χ2v) is 6.74. The summed E-state index contributed by atoms with van der Waals surface area (Å²) in [5.74, 6) is -0.328. The SMILES string of the molecule is O=C1O/C(=C(\c2ccccc2)c2cccs2)C(=O)N1Cc1ccccc1. The molecule has 0 spiro atoms. The second kappa shape index (κ2) is 6.98. The second-order valence-electron chi connectivity index (χ2n) is 5.79. The number of thiophene rings is 1. The summed E-state index contributed by atoms with van der Waals surface area (Å²) >= 11 is 1.50. The van der Waals surface area contributed by atoms with Crippen LogP contribution in [0.1, 0.15) is 16.0 Å². The molecule has 0 aliphatic carbocycles. The van der Waals surface area contributed by atoms with Gasteiger partial charge in [0.15, 0.2) is 0 Å². The molecule has 1 aromatic heterocycles. The highest BCUT2D eigenvalue weighted by Gasteiger charge is 2.39. The summed E-state index contributed by atoms with van der Waals surface area (Å²) in [6.07, 6.45) is -0.640. The third-order valence-electron chi connectivity index (χ3n) is 4.09. The number of cyclic esters (lactones) is 1. The molecule has 26 heavy (non-hydrogen) atoms. The highest BCUT2D eigenvalue weighted by molar-refractivity contribution is 7.11. The third kappa shape index (κ3) is 3.05. The molecule has 0 bridgehead atoms. The molecule has 0 N–H and O–H groups in total. The predicted octanol–water partition coefficient (Wildman–Crippen LogP) is 4.69. The van der Waals surface area contributed by atoms with Gasteiger partial charge in [0.1, 0.15) is 0 Å². The van der Waals surface area contributed by atoms with Crippen molar-refractivity contribution >= 4 is 28.9 Å². The fraction of sp³-hybridized carbons (Fsp3) is 0.0476. The lowest BCUT2D eigenvalue weighted by Gasteiger charge is -2.10. The first-order valence-corrected chi connectivity index (χ1v) is 9.03. The molecule has 0 radical (unpaired) electrons. The number of amides is 2. The molecule has 1 aliphatic rings. The number of rotatable bonds is 4. The molecule has 2 amide bonds. The van der Waals surface area contributed by atoms with Gasteiger partial charge in [0.25, 0.3) is 5.91 Å². The normalized spacial score (nSPS) is 15.9. The summed E-state index contributed by atoms with van der Waals surface area (Å²) in [6.45, 7) is 0.189. The molecule has 1 saturated heterocycles. The van der Waals surface area contributed by atoms with Crippen LogP contribution in [0.3, 0.4) is 0 Å². The lowest BCUT2D eigenvalue weighted by molar-refractivity contribution is -0.123. The van der Waals surface area contributed by atoms with Crippen molar-refractivity contribution in [3.05, 3.63) is 99.9 Å². The van der Waals surface area contributed by atoms with Gasteiger partial charge in [-0.3, -0.25) is 4.79 Å². The predicted molar refractivity (Wildman–Crippen MR) is 100 cm³/mol. The van der Waals surface area contributed by atoms with E-state index in [-0.39, 0.29) is 12.3 Å². The van der Waals surface area contributed by atoms with Gasteiger partial charge in [-0.1, -0.05) is 66.7 Å². The Labute approximate surface area is 155 Å². The van der Waals surface area contributed by atoms with E-state index in [0.29, 0.717) is 5.57 Å². The first kappa shape index (κ1) is 16.3. The molecule has 0 saturated carbocycles. The molecule has 4 nitrogen and oxygen atoms in total. The Morgan fingerprint density at radius 2 is 1.58 bits per heavy atom. The zero-order chi connectivity index (χ0) is 17.9. The maximum absolute atomic E-state index is 13.0. The highest BCUT2D eigenvalue weighted by atomic mass is 32.1. The zero-order valence-electron chi connectivity index (χ0n) is 13.8. The summed E-state index contributed by atoms with van der Waals surface area (Å²) in [6, 6.07) is 22.7. The Balaban J connectivity index is 1.77. The number of carbonyl (C=O) groups is 2. The van der Waals surface area contributed by atoms with Crippen molar-refractivity contribution in [3.8, 4) is 0 Å². The van der Waals surface area contributed by atoms with Crippen LogP contribution in [0.5, 0.6) is 0 Å². The number of hydrogen-bond acceptors (Lipinski definition) is 4. The van der Waals surface area contributed by atoms with E-state index < -0.39 is 12.0 Å². The molecule has 4 rings (SSSR count). The molecule has 0 unspecified atom stereocenters. The number of benzene rings is 2. The van der Waals surface area contributed by atoms with Gasteiger partial charge in [-0.05, 0) is 22.6 Å². The Kier molecular flexibility index (Phi) is 4.37. The summed E-state index contributed by atoms with van der Waals surface area (Å²) < 4.78 is 5.42. The first-order chi connectivity index (χ1) is 12.7. The number of imide groups is 1. The molecular formula is C21H15NO3S. The van der Waals surface area contributed by atoms with Gasteiger partial charge in [-0.25, -0.2) is 9.69 Å². The molecular weight excluding hydrogens is 346 g/mol. The van der Waals surface area contributed by atoms with Gasteiger partial charge in [-0.2, -0.15) is 0 Å². The highest BCUT2D eigenvalue weighted by Crippen LogP contribution is 2.34. The fourth-order valence-electron chi connectivity index (χ4n) is 2.86. The van der Waals surface area contributed by atoms with Gasteiger partial charge in [0, 0.05) is 10.5 Å². The number of hydrogen-bond donors (Lipinski definition) is 0. The Morgan fingerprint density at radius 1 is 0.885 bits per heavy atom. The molecule has 2 heterocycles. The van der Waals surface area contributed by atoms with Crippen molar-refractivity contribution < 1.29 is 14.3 Å². The zero-order valence-corrected chi connectivity index (χ0v) is 14.6. The van der Waals surface area contributed by atoms with Crippen LogP contribution in [0.2, 0.25) is 0 Å². The number of ether oxygens (including phenoxy) is 1. The van der Waals surface area contributed by atoms with Crippen LogP contribution in [0.25, 0.3) is 5.57 Å². The van der Waals surface area contributed by atoms with E-state index in [1.165, 1.54) is 11.3 Å². The topological polar surface area (TPSA) is 46.6 Å². The summed E-state index contributed by atoms with van der Waals surface area (Å²) in [4.78, 5) is 27.3. The van der Waals surface area contributed by atoms with Crippen molar-refractivity contribution in [1.29, 1.82) is 0 Å². The van der Waals surface area contributed by atoms with E-state index in [4.69, 9.17) is 4.74 Å². The van der Waals surface area contributed by atoms with Crippen LogP contribution < -0.4 is 0 Å². The lowest BCUT2D eigenvalue weighted by Crippen LogP contribution is -2.28. The molecule has 1 fully saturated rings. The van der Waals surface area contributed by atoms with E-state index in [9.17, 15) is 9.59 Å². The Morgan fingerprint density at radius 3 is 2.23 bits per heavy atom. The van der Waals surface area contributed by atoms with Gasteiger partial charge in [0.05, 0.1) is 6.54 Å². The van der Waals surface area contributed by atoms with E-state index in [1.807, 2.05) is 78.2 Å². The average molecular weight is 361 g/mol. The van der Waals surface area contributed by atoms with Crippen molar-refractivity contribution in [2.75, 3.05) is 0 Å². The molecule has 128 valence electrons. The number of carbonyl (C=O) groups excluding carboxylic acids is 2. The largest absolute Gasteiger partial charge is 0.422 e. The fourth-order valence-corrected chi connectivity index (χ4v) is 3.65. The van der Waals surface area contributed by atoms with Gasteiger partial charge in [-0.15, -0.1) is 11.3 Å². The quantitative estimate of drug-likeness (QED) is 0.634. The van der Waals surface area contributed by atoms with Crippen LogP contribution in [0.15, 0.2) is 83.9 Å². The van der Waals surface area contributed by atoms with Crippen LogP contribution in [0, 0.1) is 0 Å². The van der Waals surface area contributed by atoms with Crippen LogP contribution in [-0.4, -0.2) is 16.9 Å². The van der Waals surface area contributed by atoms with Crippen molar-refractivity contribution in [2.24, 2.45) is 0 Å². The van der Waals surface area contributed by atoms with Gasteiger partial charge < -0.3 is 4.74 Å². The standard InChI is InChI=1S/C21H15NO3S/c23-20-19(25-21(24)22(20)14-15-8-3-1-4-9-15)18(17-12-7-13-26-17)16-10-5-2-6-11-16/h1-13H,14H2/b19-18+. The maximum Gasteiger partial charge on any atom is 0.422 e. The minimum absolute atomic E-state index is 0.0829. The van der Waals surface area contributed by atoms with E-state index in [2.05, 4.69) is 0 Å². The van der Waals surface area contributed by atoms with Gasteiger partial charge in [0.2, 0.25) is 5.76 Å². The summed E-state index contributed by atoms with van der Waals surface area (Å²) in [7, 11) is 0. The van der Waals surface area contributed by atoms with Crippen LogP contribution in [0.4, 0.5) is 4.79 Å². The molecule has 1 aliphatic heterocycles. The smallest absolute Gasteiger partial charge is 0.403 e. The lowest BCUT2D eigenvalue weighted by atomic mass is 10.0. The minimum Gasteiger partial charge on any atom is -0.403 e. The van der Waals surface area contributed by atoms with Crippen LogP contribution in [-0.2, 0) is 16.1 Å².